The molecule has 2 aromatic rings. The summed E-state index contributed by atoms with van der Waals surface area (Å²) in [4.78, 5) is 18.9. The van der Waals surface area contributed by atoms with Crippen LogP contribution >= 0.6 is 0 Å². The highest BCUT2D eigenvalue weighted by Crippen LogP contribution is 2.31. The fourth-order valence-electron chi connectivity index (χ4n) is 3.45. The maximum absolute atomic E-state index is 12.7. The van der Waals surface area contributed by atoms with E-state index < -0.39 is 0 Å². The molecule has 1 aliphatic rings. The van der Waals surface area contributed by atoms with E-state index in [0.29, 0.717) is 11.8 Å². The Morgan fingerprint density at radius 2 is 2.05 bits per heavy atom. The van der Waals surface area contributed by atoms with Crippen molar-refractivity contribution in [2.24, 2.45) is 18.9 Å². The van der Waals surface area contributed by atoms with Crippen LogP contribution in [0.3, 0.4) is 0 Å². The van der Waals surface area contributed by atoms with E-state index in [0.717, 1.165) is 25.9 Å². The molecule has 0 saturated carbocycles. The third kappa shape index (κ3) is 2.91. The van der Waals surface area contributed by atoms with Crippen LogP contribution in [0.25, 0.3) is 0 Å². The van der Waals surface area contributed by atoms with Gasteiger partial charge in [0.15, 0.2) is 0 Å². The van der Waals surface area contributed by atoms with Crippen LogP contribution in [0.2, 0.25) is 0 Å². The molecule has 1 aromatic heterocycles. The fourth-order valence-corrected chi connectivity index (χ4v) is 3.45. The third-order valence-corrected chi connectivity index (χ3v) is 4.70. The van der Waals surface area contributed by atoms with Crippen molar-refractivity contribution in [3.8, 4) is 0 Å². The molecular formula is C18H23N3O. The number of aryl methyl sites for hydroxylation is 1. The number of amides is 1. The molecule has 1 aromatic carbocycles. The highest BCUT2D eigenvalue weighted by atomic mass is 16.2. The van der Waals surface area contributed by atoms with Crippen LogP contribution in [0, 0.1) is 11.8 Å². The number of hydrogen-bond acceptors (Lipinski definition) is 2. The van der Waals surface area contributed by atoms with E-state index in [1.54, 1.807) is 0 Å². The molecule has 4 nitrogen and oxygen atoms in total. The zero-order valence-corrected chi connectivity index (χ0v) is 13.3. The van der Waals surface area contributed by atoms with E-state index in [9.17, 15) is 4.79 Å². The lowest BCUT2D eigenvalue weighted by Gasteiger charge is -2.16. The number of carbonyl (C=O) groups is 1. The fraction of sp³-hybridized carbons (Fsp3) is 0.444. The van der Waals surface area contributed by atoms with Crippen LogP contribution in [0.5, 0.6) is 0 Å². The van der Waals surface area contributed by atoms with Crippen LogP contribution in [-0.2, 0) is 24.8 Å². The summed E-state index contributed by atoms with van der Waals surface area (Å²) < 4.78 is 2.05. The van der Waals surface area contributed by atoms with Crippen LogP contribution in [0.15, 0.2) is 42.9 Å². The SMILES string of the molecule is CCC1C(=O)N(Cc2ccccc2)C[C@@H]1Cc1cncn1C. The topological polar surface area (TPSA) is 38.1 Å². The van der Waals surface area contributed by atoms with Gasteiger partial charge in [0.2, 0.25) is 5.91 Å². The Balaban J connectivity index is 1.72. The molecule has 0 bridgehead atoms. The summed E-state index contributed by atoms with van der Waals surface area (Å²) in [6.45, 7) is 3.68. The summed E-state index contributed by atoms with van der Waals surface area (Å²) in [5.74, 6) is 0.828. The number of rotatable bonds is 5. The minimum atomic E-state index is 0.138. The highest BCUT2D eigenvalue weighted by molar-refractivity contribution is 5.81. The number of aromatic nitrogens is 2. The third-order valence-electron chi connectivity index (χ3n) is 4.70. The largest absolute Gasteiger partial charge is 0.338 e. The Kier molecular flexibility index (Phi) is 4.27. The van der Waals surface area contributed by atoms with Gasteiger partial charge in [0.1, 0.15) is 0 Å². The monoisotopic (exact) mass is 297 g/mol. The highest BCUT2D eigenvalue weighted by Gasteiger charge is 2.39. The smallest absolute Gasteiger partial charge is 0.226 e. The van der Waals surface area contributed by atoms with Gasteiger partial charge in [0.25, 0.3) is 0 Å². The number of benzene rings is 1. The second-order valence-electron chi connectivity index (χ2n) is 6.18. The summed E-state index contributed by atoms with van der Waals surface area (Å²) in [6.07, 6.45) is 5.57. The lowest BCUT2D eigenvalue weighted by atomic mass is 9.89. The molecule has 0 spiro atoms. The average molecular weight is 297 g/mol. The number of hydrogen-bond donors (Lipinski definition) is 0. The lowest BCUT2D eigenvalue weighted by Crippen LogP contribution is -2.26. The van der Waals surface area contributed by atoms with Crippen LogP contribution in [0.1, 0.15) is 24.6 Å². The molecule has 1 saturated heterocycles. The Morgan fingerprint density at radius 1 is 1.27 bits per heavy atom. The Bertz CT molecular complexity index is 635. The van der Waals surface area contributed by atoms with E-state index in [-0.39, 0.29) is 5.92 Å². The van der Waals surface area contributed by atoms with Crippen molar-refractivity contribution in [3.63, 3.8) is 0 Å². The molecule has 116 valence electrons. The van der Waals surface area contributed by atoms with Gasteiger partial charge in [-0.1, -0.05) is 37.3 Å². The normalized spacial score (nSPS) is 21.5. The zero-order valence-electron chi connectivity index (χ0n) is 13.3. The molecule has 2 atom stereocenters. The molecule has 0 N–H and O–H groups in total. The molecule has 22 heavy (non-hydrogen) atoms. The summed E-state index contributed by atoms with van der Waals surface area (Å²) in [6, 6.07) is 10.2. The van der Waals surface area contributed by atoms with Crippen LogP contribution in [-0.4, -0.2) is 26.9 Å². The van der Waals surface area contributed by atoms with Crippen molar-refractivity contribution >= 4 is 5.91 Å². The molecule has 1 fully saturated rings. The first-order chi connectivity index (χ1) is 10.7. The van der Waals surface area contributed by atoms with E-state index in [1.807, 2.05) is 42.7 Å². The number of carbonyl (C=O) groups excluding carboxylic acids is 1. The number of nitrogens with zero attached hydrogens (tertiary/aromatic N) is 3. The van der Waals surface area contributed by atoms with E-state index >= 15 is 0 Å². The van der Waals surface area contributed by atoms with E-state index in [2.05, 4.69) is 28.6 Å². The Labute approximate surface area is 131 Å². The van der Waals surface area contributed by atoms with E-state index in [1.165, 1.54) is 11.3 Å². The summed E-state index contributed by atoms with van der Waals surface area (Å²) in [5.41, 5.74) is 2.41. The van der Waals surface area contributed by atoms with Crippen molar-refractivity contribution in [1.29, 1.82) is 0 Å². The molecule has 4 heteroatoms. The first-order valence-electron chi connectivity index (χ1n) is 7.97. The average Bonchev–Trinajstić information content (AvgIpc) is 3.05. The molecule has 3 rings (SSSR count). The Hall–Kier alpha value is -2.10. The van der Waals surface area contributed by atoms with Crippen molar-refractivity contribution in [3.05, 3.63) is 54.1 Å². The van der Waals surface area contributed by atoms with Gasteiger partial charge < -0.3 is 9.47 Å². The van der Waals surface area contributed by atoms with Crippen molar-refractivity contribution < 1.29 is 4.79 Å². The molecule has 2 heterocycles. The standard InChI is InChI=1S/C18H23N3O/c1-3-17-15(9-16-10-19-13-20(16)2)12-21(18(17)22)11-14-7-5-4-6-8-14/h4-8,10,13,15,17H,3,9,11-12H2,1-2H3/t15-,17?/m0/s1. The quantitative estimate of drug-likeness (QED) is 0.851. The summed E-state index contributed by atoms with van der Waals surface area (Å²) >= 11 is 0. The first-order valence-corrected chi connectivity index (χ1v) is 7.97. The van der Waals surface area contributed by atoms with Crippen LogP contribution in [0.4, 0.5) is 0 Å². The van der Waals surface area contributed by atoms with Gasteiger partial charge in [-0.3, -0.25) is 4.79 Å². The van der Waals surface area contributed by atoms with Gasteiger partial charge in [-0.2, -0.15) is 0 Å². The zero-order chi connectivity index (χ0) is 15.5. The second kappa shape index (κ2) is 6.34. The van der Waals surface area contributed by atoms with Crippen LogP contribution < -0.4 is 0 Å². The maximum atomic E-state index is 12.7. The van der Waals surface area contributed by atoms with Gasteiger partial charge in [-0.05, 0) is 24.3 Å². The molecule has 1 amide bonds. The molecular weight excluding hydrogens is 274 g/mol. The van der Waals surface area contributed by atoms with E-state index in [4.69, 9.17) is 0 Å². The second-order valence-corrected chi connectivity index (χ2v) is 6.18. The number of likely N-dealkylation sites (tertiary alicyclic amines) is 1. The predicted octanol–water partition coefficient (Wildman–Crippen LogP) is 2.65. The van der Waals surface area contributed by atoms with Gasteiger partial charge in [0, 0.05) is 37.9 Å². The predicted molar refractivity (Wildman–Crippen MR) is 86.0 cm³/mol. The summed E-state index contributed by atoms with van der Waals surface area (Å²) in [7, 11) is 2.02. The number of imidazole rings is 1. The lowest BCUT2D eigenvalue weighted by molar-refractivity contribution is -0.131. The minimum Gasteiger partial charge on any atom is -0.338 e. The van der Waals surface area contributed by atoms with Gasteiger partial charge in [-0.25, -0.2) is 4.98 Å². The molecule has 0 radical (unpaired) electrons. The van der Waals surface area contributed by atoms with Crippen molar-refractivity contribution in [2.45, 2.75) is 26.3 Å². The minimum absolute atomic E-state index is 0.138. The van der Waals surface area contributed by atoms with Gasteiger partial charge >= 0.3 is 0 Å². The Morgan fingerprint density at radius 3 is 2.68 bits per heavy atom. The maximum Gasteiger partial charge on any atom is 0.226 e. The van der Waals surface area contributed by atoms with Gasteiger partial charge in [0.05, 0.1) is 6.33 Å². The molecule has 1 aliphatic heterocycles. The molecule has 0 aliphatic carbocycles. The first kappa shape index (κ1) is 14.8. The van der Waals surface area contributed by atoms with Gasteiger partial charge in [-0.15, -0.1) is 0 Å². The van der Waals surface area contributed by atoms with Crippen molar-refractivity contribution in [1.82, 2.24) is 14.5 Å². The molecule has 1 unspecified atom stereocenters. The summed E-state index contributed by atoms with van der Waals surface area (Å²) in [5, 5.41) is 0. The van der Waals surface area contributed by atoms with Crippen molar-refractivity contribution in [2.75, 3.05) is 6.54 Å².